The third kappa shape index (κ3) is 4.43. The summed E-state index contributed by atoms with van der Waals surface area (Å²) in [4.78, 5) is 36.7. The third-order valence-corrected chi connectivity index (χ3v) is 5.89. The van der Waals surface area contributed by atoms with E-state index >= 15 is 0 Å². The second-order valence-corrected chi connectivity index (χ2v) is 7.76. The minimum Gasteiger partial charge on any atom is -0.495 e. The average molecular weight is 394 g/mol. The van der Waals surface area contributed by atoms with Crippen molar-refractivity contribution in [3.8, 4) is 5.75 Å². The van der Waals surface area contributed by atoms with Crippen LogP contribution in [0.5, 0.6) is 5.75 Å². The van der Waals surface area contributed by atoms with Crippen molar-refractivity contribution in [3.63, 3.8) is 0 Å². The average Bonchev–Trinajstić information content (AvgIpc) is 2.62. The molecule has 7 heteroatoms. The van der Waals surface area contributed by atoms with Crippen molar-refractivity contribution < 1.29 is 23.9 Å². The lowest BCUT2D eigenvalue weighted by molar-refractivity contribution is -0.155. The number of halogens is 1. The summed E-state index contributed by atoms with van der Waals surface area (Å²) in [5, 5.41) is 3.22. The molecular formula is C20H24ClNO5. The first-order chi connectivity index (χ1) is 12.9. The number of hydrogen-bond acceptors (Lipinski definition) is 5. The van der Waals surface area contributed by atoms with Crippen LogP contribution in [0, 0.1) is 24.7 Å². The zero-order valence-corrected chi connectivity index (χ0v) is 16.3. The number of benzene rings is 1. The Balaban J connectivity index is 1.54. The standard InChI is InChI=1S/C20H24ClNO5/c1-11-6-16(17(26-2)9-15(11)21)22-18(23)10-27-20(25)14-7-12-4-3-5-13(8-14)19(12)24/h6,9,12-14H,3-5,7-8,10H2,1-2H3,(H,22,23)/t12-,13-/m1/s1. The van der Waals surface area contributed by atoms with E-state index in [0.29, 0.717) is 35.1 Å². The molecule has 2 fully saturated rings. The quantitative estimate of drug-likeness (QED) is 0.774. The van der Waals surface area contributed by atoms with E-state index in [1.807, 2.05) is 6.92 Å². The number of methoxy groups -OCH3 is 1. The molecule has 2 saturated carbocycles. The van der Waals surface area contributed by atoms with Gasteiger partial charge in [-0.25, -0.2) is 0 Å². The van der Waals surface area contributed by atoms with Crippen LogP contribution in [-0.2, 0) is 19.1 Å². The Morgan fingerprint density at radius 3 is 2.52 bits per heavy atom. The summed E-state index contributed by atoms with van der Waals surface area (Å²) >= 11 is 6.05. The van der Waals surface area contributed by atoms with Crippen molar-refractivity contribution in [2.75, 3.05) is 19.0 Å². The molecule has 0 radical (unpaired) electrons. The molecule has 27 heavy (non-hydrogen) atoms. The number of nitrogens with one attached hydrogen (secondary N) is 1. The molecule has 0 heterocycles. The first-order valence-electron chi connectivity index (χ1n) is 9.23. The van der Waals surface area contributed by atoms with Gasteiger partial charge in [-0.2, -0.15) is 0 Å². The number of ketones is 1. The molecule has 1 aromatic rings. The topological polar surface area (TPSA) is 81.7 Å². The summed E-state index contributed by atoms with van der Waals surface area (Å²) in [6.07, 6.45) is 3.85. The Hall–Kier alpha value is -2.08. The molecule has 0 unspecified atom stereocenters. The molecule has 2 aliphatic carbocycles. The number of anilines is 1. The predicted molar refractivity (Wildman–Crippen MR) is 101 cm³/mol. The summed E-state index contributed by atoms with van der Waals surface area (Å²) in [5.74, 6) is -0.449. The number of amides is 1. The lowest BCUT2D eigenvalue weighted by Gasteiger charge is -2.36. The van der Waals surface area contributed by atoms with Crippen LogP contribution in [0.15, 0.2) is 12.1 Å². The van der Waals surface area contributed by atoms with Crippen LogP contribution < -0.4 is 10.1 Å². The van der Waals surface area contributed by atoms with Crippen LogP contribution in [0.1, 0.15) is 37.7 Å². The van der Waals surface area contributed by atoms with Crippen LogP contribution in [0.25, 0.3) is 0 Å². The van der Waals surface area contributed by atoms with E-state index in [4.69, 9.17) is 21.1 Å². The Kier molecular flexibility index (Phi) is 6.05. The molecule has 6 nitrogen and oxygen atoms in total. The summed E-state index contributed by atoms with van der Waals surface area (Å²) < 4.78 is 10.4. The second-order valence-electron chi connectivity index (χ2n) is 7.35. The number of fused-ring (bicyclic) bond motifs is 2. The van der Waals surface area contributed by atoms with Gasteiger partial charge in [-0.05, 0) is 44.2 Å². The molecule has 0 aromatic heterocycles. The number of aryl methyl sites for hydroxylation is 1. The highest BCUT2D eigenvalue weighted by atomic mass is 35.5. The molecule has 1 N–H and O–H groups in total. The van der Waals surface area contributed by atoms with Gasteiger partial charge in [-0.3, -0.25) is 14.4 Å². The summed E-state index contributed by atoms with van der Waals surface area (Å²) in [6, 6.07) is 3.32. The van der Waals surface area contributed by atoms with Gasteiger partial charge >= 0.3 is 5.97 Å². The Labute approximate surface area is 163 Å². The molecule has 1 aromatic carbocycles. The smallest absolute Gasteiger partial charge is 0.309 e. The van der Waals surface area contributed by atoms with Crippen molar-refractivity contribution in [3.05, 3.63) is 22.7 Å². The van der Waals surface area contributed by atoms with Crippen LogP contribution in [-0.4, -0.2) is 31.4 Å². The van der Waals surface area contributed by atoms with Crippen LogP contribution in [0.4, 0.5) is 5.69 Å². The molecule has 0 aliphatic heterocycles. The van der Waals surface area contributed by atoms with E-state index in [2.05, 4.69) is 5.32 Å². The van der Waals surface area contributed by atoms with Crippen LogP contribution >= 0.6 is 11.6 Å². The van der Waals surface area contributed by atoms with E-state index in [1.54, 1.807) is 12.1 Å². The van der Waals surface area contributed by atoms with E-state index in [9.17, 15) is 14.4 Å². The van der Waals surface area contributed by atoms with Gasteiger partial charge in [0.05, 0.1) is 18.7 Å². The molecule has 0 saturated heterocycles. The minimum absolute atomic E-state index is 0.0230. The number of rotatable bonds is 5. The zero-order chi connectivity index (χ0) is 19.6. The van der Waals surface area contributed by atoms with E-state index < -0.39 is 11.9 Å². The number of carbonyl (C=O) groups is 3. The summed E-state index contributed by atoms with van der Waals surface area (Å²) in [5.41, 5.74) is 1.27. The van der Waals surface area contributed by atoms with Crippen LogP contribution in [0.2, 0.25) is 5.02 Å². The molecule has 146 valence electrons. The normalized spacial score (nSPS) is 24.3. The number of carbonyl (C=O) groups excluding carboxylic acids is 3. The summed E-state index contributed by atoms with van der Waals surface area (Å²) in [7, 11) is 1.48. The highest BCUT2D eigenvalue weighted by Crippen LogP contribution is 2.40. The second kappa shape index (κ2) is 8.30. The van der Waals surface area contributed by atoms with E-state index in [-0.39, 0.29) is 24.4 Å². The number of hydrogen-bond donors (Lipinski definition) is 1. The predicted octanol–water partition coefficient (Wildman–Crippen LogP) is 3.53. The van der Waals surface area contributed by atoms with Crippen LogP contribution in [0.3, 0.4) is 0 Å². The van der Waals surface area contributed by atoms with Gasteiger partial charge in [-0.15, -0.1) is 0 Å². The molecule has 2 atom stereocenters. The first kappa shape index (κ1) is 19.7. The van der Waals surface area contributed by atoms with E-state index in [0.717, 1.165) is 24.8 Å². The fourth-order valence-electron chi connectivity index (χ4n) is 4.04. The SMILES string of the molecule is COc1cc(Cl)c(C)cc1NC(=O)COC(=O)C1C[C@H]2CCC[C@H](C1)C2=O. The third-order valence-electron chi connectivity index (χ3n) is 5.48. The molecule has 0 spiro atoms. The van der Waals surface area contributed by atoms with Crippen molar-refractivity contribution in [1.82, 2.24) is 0 Å². The van der Waals surface area contributed by atoms with Crippen molar-refractivity contribution in [2.24, 2.45) is 17.8 Å². The maximum absolute atomic E-state index is 12.4. The highest BCUT2D eigenvalue weighted by molar-refractivity contribution is 6.31. The Morgan fingerprint density at radius 2 is 1.89 bits per heavy atom. The lowest BCUT2D eigenvalue weighted by atomic mass is 9.67. The van der Waals surface area contributed by atoms with Crippen molar-refractivity contribution in [1.29, 1.82) is 0 Å². The molecule has 2 bridgehead atoms. The van der Waals surface area contributed by atoms with Gasteiger partial charge in [0.15, 0.2) is 6.61 Å². The van der Waals surface area contributed by atoms with Gasteiger partial charge < -0.3 is 14.8 Å². The number of esters is 1. The molecule has 3 rings (SSSR count). The van der Waals surface area contributed by atoms with Gasteiger partial charge in [0.1, 0.15) is 11.5 Å². The fourth-order valence-corrected chi connectivity index (χ4v) is 4.20. The Bertz CT molecular complexity index is 747. The lowest BCUT2D eigenvalue weighted by Crippen LogP contribution is -2.40. The Morgan fingerprint density at radius 1 is 1.22 bits per heavy atom. The van der Waals surface area contributed by atoms with Gasteiger partial charge in [0.2, 0.25) is 0 Å². The number of ether oxygens (including phenoxy) is 2. The monoisotopic (exact) mass is 393 g/mol. The maximum Gasteiger partial charge on any atom is 0.309 e. The summed E-state index contributed by atoms with van der Waals surface area (Å²) in [6.45, 7) is 1.45. The first-order valence-corrected chi connectivity index (χ1v) is 9.61. The largest absolute Gasteiger partial charge is 0.495 e. The molecular weight excluding hydrogens is 370 g/mol. The number of Topliss-reactive ketones (excluding diaryl/α,β-unsaturated/α-hetero) is 1. The molecule has 2 aliphatic rings. The van der Waals surface area contributed by atoms with Gasteiger partial charge in [-0.1, -0.05) is 18.0 Å². The maximum atomic E-state index is 12.4. The van der Waals surface area contributed by atoms with E-state index in [1.165, 1.54) is 7.11 Å². The highest BCUT2D eigenvalue weighted by Gasteiger charge is 2.41. The van der Waals surface area contributed by atoms with Crippen molar-refractivity contribution >= 4 is 34.9 Å². The minimum atomic E-state index is -0.449. The fraction of sp³-hybridized carbons (Fsp3) is 0.550. The van der Waals surface area contributed by atoms with Crippen molar-refractivity contribution in [2.45, 2.75) is 39.0 Å². The zero-order valence-electron chi connectivity index (χ0n) is 15.5. The molecule has 1 amide bonds. The van der Waals surface area contributed by atoms with Gasteiger partial charge in [0, 0.05) is 22.9 Å². The van der Waals surface area contributed by atoms with Gasteiger partial charge in [0.25, 0.3) is 5.91 Å².